The van der Waals surface area contributed by atoms with Crippen molar-refractivity contribution in [2.45, 2.75) is 5.92 Å². The molecule has 0 radical (unpaired) electrons. The van der Waals surface area contributed by atoms with Gasteiger partial charge in [-0.15, -0.1) is 6.58 Å². The van der Waals surface area contributed by atoms with Gasteiger partial charge in [0.2, 0.25) is 0 Å². The maximum absolute atomic E-state index is 11.5. The molecule has 1 unspecified atom stereocenters. The molecule has 1 N–H and O–H groups in total. The number of carbonyl (C=O) groups excluding carboxylic acids is 1. The molecule has 0 spiro atoms. The highest BCUT2D eigenvalue weighted by Crippen LogP contribution is 2.31. The highest BCUT2D eigenvalue weighted by atomic mass is 16.5. The van der Waals surface area contributed by atoms with Crippen molar-refractivity contribution in [1.29, 1.82) is 0 Å². The molecular formula is C13H12O3. The molecule has 0 saturated carbocycles. The Morgan fingerprint density at radius 1 is 1.38 bits per heavy atom. The Hall–Kier alpha value is -2.03. The number of rotatable bonds is 3. The van der Waals surface area contributed by atoms with Crippen molar-refractivity contribution in [3.05, 3.63) is 59.9 Å². The fourth-order valence-electron chi connectivity index (χ4n) is 1.79. The highest BCUT2D eigenvalue weighted by molar-refractivity contribution is 5.93. The Balaban J connectivity index is 2.41. The van der Waals surface area contributed by atoms with Crippen molar-refractivity contribution in [3.8, 4) is 0 Å². The van der Waals surface area contributed by atoms with Crippen LogP contribution in [-0.2, 0) is 9.53 Å². The van der Waals surface area contributed by atoms with Crippen molar-refractivity contribution < 1.29 is 14.6 Å². The molecule has 1 aromatic carbocycles. The molecule has 0 bridgehead atoms. The third kappa shape index (κ3) is 1.72. The van der Waals surface area contributed by atoms with Crippen LogP contribution in [0, 0.1) is 0 Å². The second kappa shape index (κ2) is 4.23. The summed E-state index contributed by atoms with van der Waals surface area (Å²) in [5.41, 5.74) is 1.21. The van der Waals surface area contributed by atoms with Gasteiger partial charge in [-0.2, -0.15) is 0 Å². The van der Waals surface area contributed by atoms with Crippen molar-refractivity contribution in [1.82, 2.24) is 0 Å². The normalized spacial score (nSPS) is 17.1. The van der Waals surface area contributed by atoms with Crippen LogP contribution in [0.3, 0.4) is 0 Å². The van der Waals surface area contributed by atoms with Crippen LogP contribution in [-0.4, -0.2) is 17.7 Å². The van der Waals surface area contributed by atoms with Gasteiger partial charge in [0, 0.05) is 5.92 Å². The first-order valence-electron chi connectivity index (χ1n) is 5.00. The van der Waals surface area contributed by atoms with Crippen LogP contribution in [0.25, 0.3) is 0 Å². The average molecular weight is 216 g/mol. The summed E-state index contributed by atoms with van der Waals surface area (Å²) >= 11 is 0. The van der Waals surface area contributed by atoms with Gasteiger partial charge in [0.05, 0.1) is 5.57 Å². The summed E-state index contributed by atoms with van der Waals surface area (Å²) in [5, 5.41) is 9.61. The fourth-order valence-corrected chi connectivity index (χ4v) is 1.79. The Bertz CT molecular complexity index is 446. The number of hydrogen-bond donors (Lipinski definition) is 1. The molecule has 1 aliphatic heterocycles. The first-order chi connectivity index (χ1) is 7.74. The van der Waals surface area contributed by atoms with E-state index in [1.54, 1.807) is 6.08 Å². The number of aliphatic hydroxyl groups is 1. The SMILES string of the molecule is C=CC(C1=C(O)COC1=O)c1ccccc1. The minimum absolute atomic E-state index is 0.00115. The first kappa shape index (κ1) is 10.5. The zero-order valence-electron chi connectivity index (χ0n) is 8.72. The maximum atomic E-state index is 11.5. The number of cyclic esters (lactones) is 1. The second-order valence-corrected chi connectivity index (χ2v) is 3.56. The average Bonchev–Trinajstić information content (AvgIpc) is 2.63. The summed E-state index contributed by atoms with van der Waals surface area (Å²) in [6.07, 6.45) is 1.63. The van der Waals surface area contributed by atoms with Gasteiger partial charge in [0.25, 0.3) is 0 Å². The number of ether oxygens (including phenoxy) is 1. The van der Waals surface area contributed by atoms with E-state index < -0.39 is 5.97 Å². The molecule has 82 valence electrons. The van der Waals surface area contributed by atoms with Crippen LogP contribution in [0.2, 0.25) is 0 Å². The van der Waals surface area contributed by atoms with E-state index in [1.165, 1.54) is 0 Å². The van der Waals surface area contributed by atoms with Crippen molar-refractivity contribution in [2.75, 3.05) is 6.61 Å². The Labute approximate surface area is 93.7 Å². The molecule has 2 rings (SSSR count). The number of aliphatic hydroxyl groups excluding tert-OH is 1. The van der Waals surface area contributed by atoms with Gasteiger partial charge >= 0.3 is 5.97 Å². The second-order valence-electron chi connectivity index (χ2n) is 3.56. The summed E-state index contributed by atoms with van der Waals surface area (Å²) < 4.78 is 4.77. The number of carbonyl (C=O) groups is 1. The molecule has 3 heteroatoms. The number of benzene rings is 1. The third-order valence-electron chi connectivity index (χ3n) is 2.58. The predicted octanol–water partition coefficient (Wildman–Crippen LogP) is 2.33. The molecule has 0 fully saturated rings. The van der Waals surface area contributed by atoms with Crippen LogP contribution in [0.5, 0.6) is 0 Å². The molecule has 0 saturated heterocycles. The van der Waals surface area contributed by atoms with Crippen LogP contribution < -0.4 is 0 Å². The van der Waals surface area contributed by atoms with Gasteiger partial charge in [-0.25, -0.2) is 4.79 Å². The molecule has 16 heavy (non-hydrogen) atoms. The Kier molecular flexibility index (Phi) is 2.77. The lowest BCUT2D eigenvalue weighted by Crippen LogP contribution is -2.08. The lowest BCUT2D eigenvalue weighted by molar-refractivity contribution is -0.136. The van der Waals surface area contributed by atoms with Gasteiger partial charge in [-0.1, -0.05) is 36.4 Å². The topological polar surface area (TPSA) is 46.5 Å². The maximum Gasteiger partial charge on any atom is 0.338 e. The van der Waals surface area contributed by atoms with Gasteiger partial charge < -0.3 is 9.84 Å². The smallest absolute Gasteiger partial charge is 0.338 e. The van der Waals surface area contributed by atoms with E-state index in [1.807, 2.05) is 30.3 Å². The Morgan fingerprint density at radius 2 is 2.06 bits per heavy atom. The molecule has 1 aromatic rings. The molecular weight excluding hydrogens is 204 g/mol. The van der Waals surface area contributed by atoms with Gasteiger partial charge in [0.15, 0.2) is 0 Å². The molecule has 1 aliphatic rings. The van der Waals surface area contributed by atoms with E-state index in [0.29, 0.717) is 5.57 Å². The van der Waals surface area contributed by atoms with Crippen molar-refractivity contribution >= 4 is 5.97 Å². The molecule has 0 aliphatic carbocycles. The summed E-state index contributed by atoms with van der Waals surface area (Å²) in [6, 6.07) is 9.43. The zero-order chi connectivity index (χ0) is 11.5. The first-order valence-corrected chi connectivity index (χ1v) is 5.00. The van der Waals surface area contributed by atoms with Crippen molar-refractivity contribution in [3.63, 3.8) is 0 Å². The lowest BCUT2D eigenvalue weighted by Gasteiger charge is -2.12. The van der Waals surface area contributed by atoms with Crippen LogP contribution in [0.1, 0.15) is 11.5 Å². The summed E-state index contributed by atoms with van der Waals surface area (Å²) in [6.45, 7) is 3.66. The summed E-state index contributed by atoms with van der Waals surface area (Å²) in [5.74, 6) is -0.777. The zero-order valence-corrected chi connectivity index (χ0v) is 8.72. The third-order valence-corrected chi connectivity index (χ3v) is 2.58. The van der Waals surface area contributed by atoms with Crippen molar-refractivity contribution in [2.24, 2.45) is 0 Å². The van der Waals surface area contributed by atoms with E-state index >= 15 is 0 Å². The Morgan fingerprint density at radius 3 is 2.56 bits per heavy atom. The number of esters is 1. The molecule has 0 aromatic heterocycles. The molecule has 0 amide bonds. The van der Waals surface area contributed by atoms with Crippen LogP contribution in [0.4, 0.5) is 0 Å². The van der Waals surface area contributed by atoms with Gasteiger partial charge in [-0.3, -0.25) is 0 Å². The van der Waals surface area contributed by atoms with Gasteiger partial charge in [-0.05, 0) is 5.56 Å². The van der Waals surface area contributed by atoms with E-state index in [4.69, 9.17) is 4.74 Å². The minimum Gasteiger partial charge on any atom is -0.508 e. The van der Waals surface area contributed by atoms with Crippen LogP contribution in [0.15, 0.2) is 54.3 Å². The minimum atomic E-state index is -0.466. The quantitative estimate of drug-likeness (QED) is 0.623. The summed E-state index contributed by atoms with van der Waals surface area (Å²) in [4.78, 5) is 11.5. The monoisotopic (exact) mass is 216 g/mol. The standard InChI is InChI=1S/C13H12O3/c1-2-10(9-6-4-3-5-7-9)12-11(14)8-16-13(12)15/h2-7,10,14H,1,8H2. The molecule has 1 atom stereocenters. The number of hydrogen-bond acceptors (Lipinski definition) is 3. The largest absolute Gasteiger partial charge is 0.508 e. The van der Waals surface area contributed by atoms with Crippen LogP contribution >= 0.6 is 0 Å². The van der Waals surface area contributed by atoms with E-state index in [9.17, 15) is 9.90 Å². The predicted molar refractivity (Wildman–Crippen MR) is 60.0 cm³/mol. The van der Waals surface area contributed by atoms with E-state index in [-0.39, 0.29) is 18.3 Å². The highest BCUT2D eigenvalue weighted by Gasteiger charge is 2.30. The van der Waals surface area contributed by atoms with E-state index in [0.717, 1.165) is 5.56 Å². The molecule has 1 heterocycles. The number of allylic oxidation sites excluding steroid dienone is 1. The molecule has 3 nitrogen and oxygen atoms in total. The lowest BCUT2D eigenvalue weighted by atomic mass is 9.91. The van der Waals surface area contributed by atoms with E-state index in [2.05, 4.69) is 6.58 Å². The van der Waals surface area contributed by atoms with Gasteiger partial charge in [0.1, 0.15) is 12.4 Å². The summed E-state index contributed by atoms with van der Waals surface area (Å²) in [7, 11) is 0. The fraction of sp³-hybridized carbons (Fsp3) is 0.154.